The van der Waals surface area contributed by atoms with Crippen molar-refractivity contribution in [3.8, 4) is 0 Å². The second-order valence-corrected chi connectivity index (χ2v) is 22.9. The molecule has 428 valence electrons. The van der Waals surface area contributed by atoms with Crippen molar-refractivity contribution >= 4 is 59.1 Å². The molecule has 4 heterocycles. The Morgan fingerprint density at radius 2 is 1.45 bits per heavy atom. The lowest BCUT2D eigenvalue weighted by atomic mass is 9.91. The summed E-state index contributed by atoms with van der Waals surface area (Å²) in [5.74, 6) is -10.4. The van der Waals surface area contributed by atoms with Gasteiger partial charge in [-0.1, -0.05) is 86.1 Å². The molecule has 21 nitrogen and oxygen atoms in total. The van der Waals surface area contributed by atoms with Gasteiger partial charge in [0.05, 0.1) is 24.5 Å². The normalized spacial score (nSPS) is 28.7. The molecule has 1 unspecified atom stereocenters. The van der Waals surface area contributed by atoms with Crippen LogP contribution >= 0.6 is 0 Å². The van der Waals surface area contributed by atoms with E-state index in [-0.39, 0.29) is 63.6 Å². The summed E-state index contributed by atoms with van der Waals surface area (Å²) in [6, 6.07) is -1.40. The lowest BCUT2D eigenvalue weighted by Crippen LogP contribution is -2.62. The van der Waals surface area contributed by atoms with Gasteiger partial charge in [-0.3, -0.25) is 43.2 Å². The highest BCUT2D eigenvalue weighted by Gasteiger charge is 2.47. The van der Waals surface area contributed by atoms with Gasteiger partial charge >= 0.3 is 11.9 Å². The summed E-state index contributed by atoms with van der Waals surface area (Å²) in [7, 11) is 1.41. The molecule has 77 heavy (non-hydrogen) atoms. The second kappa shape index (κ2) is 27.1. The maximum Gasteiger partial charge on any atom is 0.329 e. The fourth-order valence-electron chi connectivity index (χ4n) is 10.9. The number of nitrogens with one attached hydrogen (secondary N) is 3. The van der Waals surface area contributed by atoms with Crippen molar-refractivity contribution < 1.29 is 67.6 Å². The van der Waals surface area contributed by atoms with Crippen molar-refractivity contribution in [2.24, 2.45) is 29.6 Å². The highest BCUT2D eigenvalue weighted by molar-refractivity contribution is 6.05. The van der Waals surface area contributed by atoms with E-state index in [0.29, 0.717) is 19.3 Å². The number of amides is 7. The molecule has 0 spiro atoms. The van der Waals surface area contributed by atoms with Crippen LogP contribution in [0.5, 0.6) is 0 Å². The van der Waals surface area contributed by atoms with Crippen molar-refractivity contribution in [1.82, 2.24) is 35.6 Å². The third-order valence-electron chi connectivity index (χ3n) is 15.6. The standard InChI is InChI=1S/C56H85N7O14/c1-13-32(8)45-43(65)27-44(66)77-48(31(6)7)47(67)33(9)49(68)57-38(24-29(2)3)53(72)62-23-17-21-40(62)55(74)63-28-37-19-15-14-18-36(37)26-42(63)56(75)76-35(11)46(51(70)58-45)59-50(69)41(25-30(4)5)60(12)54(73)39-20-16-22-61(39)52(71)34(10)64/h14-15,18-19,29-35,38-43,45-46,48,64-65H,13,16-17,20-28H2,1-12H3,(H,57,68)(H,58,70)(H,59,69)/t32-,33-,34-,35+,38-,39?,40-,41+,42-,43-,45+,46-,48-/m0/s1. The van der Waals surface area contributed by atoms with Crippen LogP contribution in [0.15, 0.2) is 24.3 Å². The molecule has 4 aliphatic heterocycles. The molecule has 5 N–H and O–H groups in total. The summed E-state index contributed by atoms with van der Waals surface area (Å²) in [4.78, 5) is 149. The number of carbonyl (C=O) groups excluding carboxylic acids is 10. The first-order valence-corrected chi connectivity index (χ1v) is 27.6. The van der Waals surface area contributed by atoms with E-state index in [0.717, 1.165) is 11.1 Å². The molecule has 1 aromatic carbocycles. The number of likely N-dealkylation sites (tertiary alicyclic amines) is 1. The van der Waals surface area contributed by atoms with E-state index in [1.54, 1.807) is 39.8 Å². The first-order valence-electron chi connectivity index (χ1n) is 27.6. The summed E-state index contributed by atoms with van der Waals surface area (Å²) < 4.78 is 11.9. The Labute approximate surface area is 453 Å². The monoisotopic (exact) mass is 1080 g/mol. The van der Waals surface area contributed by atoms with Gasteiger partial charge in [0.15, 0.2) is 11.9 Å². The minimum atomic E-state index is -1.73. The zero-order valence-electron chi connectivity index (χ0n) is 47.1. The molecule has 0 aliphatic carbocycles. The molecular formula is C56H85N7O14. The lowest BCUT2D eigenvalue weighted by molar-refractivity contribution is -0.164. The maximum atomic E-state index is 15.1. The van der Waals surface area contributed by atoms with Crippen LogP contribution in [0.3, 0.4) is 0 Å². The maximum absolute atomic E-state index is 15.1. The number of rotatable bonds is 12. The van der Waals surface area contributed by atoms with Crippen molar-refractivity contribution in [1.29, 1.82) is 0 Å². The number of ether oxygens (including phenoxy) is 2. The Morgan fingerprint density at radius 1 is 0.805 bits per heavy atom. The van der Waals surface area contributed by atoms with Gasteiger partial charge in [0.25, 0.3) is 5.91 Å². The molecule has 21 heteroatoms. The fraction of sp³-hybridized carbons (Fsp3) is 0.714. The van der Waals surface area contributed by atoms with Crippen molar-refractivity contribution in [2.75, 3.05) is 20.1 Å². The van der Waals surface area contributed by atoms with Crippen LogP contribution < -0.4 is 16.0 Å². The Morgan fingerprint density at radius 3 is 2.06 bits per heavy atom. The van der Waals surface area contributed by atoms with Crippen LogP contribution in [-0.2, 0) is 70.4 Å². The summed E-state index contributed by atoms with van der Waals surface area (Å²) in [6.45, 7) is 18.5. The van der Waals surface area contributed by atoms with E-state index >= 15 is 4.79 Å². The quantitative estimate of drug-likeness (QED) is 0.148. The predicted octanol–water partition coefficient (Wildman–Crippen LogP) is 2.19. The number of nitrogens with zero attached hydrogens (tertiary/aromatic N) is 4. The molecule has 3 fully saturated rings. The Hall–Kier alpha value is -5.96. The average Bonchev–Trinajstić information content (AvgIpc) is 4.08. The second-order valence-electron chi connectivity index (χ2n) is 22.9. The number of likely N-dealkylation sites (N-methyl/N-ethyl adjacent to an activating group) is 1. The number of fused-ring (bicyclic) bond motifs is 3. The van der Waals surface area contributed by atoms with Crippen LogP contribution in [0.4, 0.5) is 0 Å². The molecule has 4 aliphatic rings. The number of hydrogen-bond acceptors (Lipinski definition) is 14. The molecular weight excluding hydrogens is 995 g/mol. The number of carbonyl (C=O) groups is 10. The SMILES string of the molecule is CC[C@H](C)[C@H]1NC(=O)[C@@H](NC(=O)[C@@H](CC(C)C)N(C)C(=O)C2CCCN2C(=O)[C@H](C)O)[C@@H](C)OC(=O)[C@@H]2Cc3ccccc3CN2C(=O)[C@@H]2CCCN2C(=O)[C@H](CC(C)C)NC(=O)[C@@H](C)C(=O)[C@H](C(C)C)OC(=O)C[C@@H]1O. The molecule has 13 atom stereocenters. The molecule has 1 aromatic rings. The van der Waals surface area contributed by atoms with E-state index in [1.165, 1.54) is 47.4 Å². The number of esters is 2. The van der Waals surface area contributed by atoms with Gasteiger partial charge in [0.2, 0.25) is 35.4 Å². The highest BCUT2D eigenvalue weighted by Crippen LogP contribution is 2.31. The largest absolute Gasteiger partial charge is 0.458 e. The summed E-state index contributed by atoms with van der Waals surface area (Å²) >= 11 is 0. The number of hydrogen-bond donors (Lipinski definition) is 5. The third kappa shape index (κ3) is 15.0. The zero-order chi connectivity index (χ0) is 57.3. The Bertz CT molecular complexity index is 2340. The minimum Gasteiger partial charge on any atom is -0.458 e. The summed E-state index contributed by atoms with van der Waals surface area (Å²) in [6.07, 6.45) is -4.65. The highest BCUT2D eigenvalue weighted by atomic mass is 16.6. The van der Waals surface area contributed by atoms with Gasteiger partial charge in [0, 0.05) is 33.1 Å². The van der Waals surface area contributed by atoms with Gasteiger partial charge in [-0.05, 0) is 94.1 Å². The zero-order valence-corrected chi connectivity index (χ0v) is 47.1. The minimum absolute atomic E-state index is 0.00975. The third-order valence-corrected chi connectivity index (χ3v) is 15.6. The van der Waals surface area contributed by atoms with Crippen LogP contribution in [0.25, 0.3) is 0 Å². The summed E-state index contributed by atoms with van der Waals surface area (Å²) in [5.41, 5.74) is 1.50. The Kier molecular flexibility index (Phi) is 21.8. The molecule has 0 bridgehead atoms. The predicted molar refractivity (Wildman–Crippen MR) is 281 cm³/mol. The van der Waals surface area contributed by atoms with E-state index in [9.17, 15) is 53.4 Å². The van der Waals surface area contributed by atoms with Crippen LogP contribution in [0.1, 0.15) is 139 Å². The Balaban J connectivity index is 1.61. The molecule has 0 aromatic heterocycles. The molecule has 3 saturated heterocycles. The number of benzene rings is 1. The van der Waals surface area contributed by atoms with E-state index in [2.05, 4.69) is 16.0 Å². The van der Waals surface area contributed by atoms with E-state index < -0.39 is 150 Å². The first-order chi connectivity index (χ1) is 36.2. The first kappa shape index (κ1) is 61.9. The molecule has 0 saturated carbocycles. The van der Waals surface area contributed by atoms with Gasteiger partial charge < -0.3 is 55.2 Å². The van der Waals surface area contributed by atoms with E-state index in [4.69, 9.17) is 9.47 Å². The van der Waals surface area contributed by atoms with Crippen LogP contribution in [0.2, 0.25) is 0 Å². The smallest absolute Gasteiger partial charge is 0.329 e. The van der Waals surface area contributed by atoms with Crippen LogP contribution in [0, 0.1) is 29.6 Å². The van der Waals surface area contributed by atoms with E-state index in [1.807, 2.05) is 39.8 Å². The number of ketones is 1. The molecule has 5 rings (SSSR count). The van der Waals surface area contributed by atoms with Crippen molar-refractivity contribution in [3.63, 3.8) is 0 Å². The summed E-state index contributed by atoms with van der Waals surface area (Å²) in [5, 5.41) is 30.3. The number of cyclic esters (lactones) is 2. The van der Waals surface area contributed by atoms with Gasteiger partial charge in [-0.15, -0.1) is 0 Å². The number of aliphatic hydroxyl groups excluding tert-OH is 2. The average molecular weight is 1080 g/mol. The van der Waals surface area contributed by atoms with Gasteiger partial charge in [-0.2, -0.15) is 0 Å². The molecule has 7 amide bonds. The number of aliphatic hydroxyl groups is 2. The molecule has 0 radical (unpaired) electrons. The number of Topliss-reactive ketones (excluding diaryl/α,β-unsaturated/α-hetero) is 1. The topological polar surface area (TPSA) is 279 Å². The van der Waals surface area contributed by atoms with Crippen molar-refractivity contribution in [2.45, 2.75) is 207 Å². The lowest BCUT2D eigenvalue weighted by Gasteiger charge is -2.40. The van der Waals surface area contributed by atoms with Gasteiger partial charge in [0.1, 0.15) is 48.5 Å². The fourth-order valence-corrected chi connectivity index (χ4v) is 10.9. The van der Waals surface area contributed by atoms with Gasteiger partial charge in [-0.25, -0.2) is 4.79 Å². The van der Waals surface area contributed by atoms with Crippen LogP contribution in [-0.4, -0.2) is 176 Å². The van der Waals surface area contributed by atoms with Crippen molar-refractivity contribution in [3.05, 3.63) is 35.4 Å².